The van der Waals surface area contributed by atoms with Crippen LogP contribution in [0.4, 0.5) is 11.6 Å². The van der Waals surface area contributed by atoms with Gasteiger partial charge in [-0.1, -0.05) is 37.6 Å². The summed E-state index contributed by atoms with van der Waals surface area (Å²) in [4.78, 5) is 51.7. The van der Waals surface area contributed by atoms with Gasteiger partial charge in [0.1, 0.15) is 11.7 Å². The summed E-state index contributed by atoms with van der Waals surface area (Å²) in [6.07, 6.45) is 10.3. The lowest BCUT2D eigenvalue weighted by atomic mass is 9.93. The Morgan fingerprint density at radius 1 is 0.779 bits per heavy atom. The Morgan fingerprint density at radius 3 is 2.18 bits per heavy atom. The summed E-state index contributed by atoms with van der Waals surface area (Å²) < 4.78 is 28.2. The van der Waals surface area contributed by atoms with E-state index in [9.17, 15) is 19.5 Å². The summed E-state index contributed by atoms with van der Waals surface area (Å²) in [7, 11) is 1.68. The molecule has 2 amide bonds. The van der Waals surface area contributed by atoms with Crippen molar-refractivity contribution in [3.63, 3.8) is 0 Å². The molecular formula is C50H70N10O8. The highest BCUT2D eigenvalue weighted by molar-refractivity contribution is 6.00. The molecular weight excluding hydrogens is 869 g/mol. The third-order valence-corrected chi connectivity index (χ3v) is 13.4. The Labute approximate surface area is 398 Å². The molecule has 4 N–H and O–H groups in total. The summed E-state index contributed by atoms with van der Waals surface area (Å²) in [5.41, 5.74) is 6.49. The predicted octanol–water partition coefficient (Wildman–Crippen LogP) is 4.71. The number of aliphatic hydroxyl groups is 1. The fourth-order valence-electron chi connectivity index (χ4n) is 9.48. The molecule has 68 heavy (non-hydrogen) atoms. The Balaban J connectivity index is 0.651. The molecule has 3 fully saturated rings. The lowest BCUT2D eigenvalue weighted by Gasteiger charge is -2.34. The van der Waals surface area contributed by atoms with Gasteiger partial charge >= 0.3 is 5.69 Å². The van der Waals surface area contributed by atoms with E-state index in [1.165, 1.54) is 20.3 Å². The van der Waals surface area contributed by atoms with Crippen LogP contribution in [0.1, 0.15) is 75.9 Å². The van der Waals surface area contributed by atoms with Crippen molar-refractivity contribution >= 4 is 45.5 Å². The number of ether oxygens (including phenoxy) is 4. The van der Waals surface area contributed by atoms with Gasteiger partial charge in [0.15, 0.2) is 0 Å². The predicted molar refractivity (Wildman–Crippen MR) is 262 cm³/mol. The number of amides is 2. The second-order valence-electron chi connectivity index (χ2n) is 18.2. The molecule has 3 aromatic heterocycles. The summed E-state index contributed by atoms with van der Waals surface area (Å²) in [6.45, 7) is 13.7. The van der Waals surface area contributed by atoms with Gasteiger partial charge < -0.3 is 39.3 Å². The molecule has 0 radical (unpaired) electrons. The molecule has 18 heteroatoms. The van der Waals surface area contributed by atoms with Gasteiger partial charge in [0.25, 0.3) is 0 Å². The van der Waals surface area contributed by atoms with E-state index >= 15 is 0 Å². The molecule has 0 bridgehead atoms. The number of unbranched alkanes of at least 4 members (excludes halogenated alkanes) is 1. The van der Waals surface area contributed by atoms with Crippen molar-refractivity contribution in [3.8, 4) is 11.1 Å². The van der Waals surface area contributed by atoms with Crippen LogP contribution < -0.4 is 21.6 Å². The van der Waals surface area contributed by atoms with Crippen molar-refractivity contribution in [2.45, 2.75) is 83.0 Å². The number of hydrogen-bond acceptors (Lipinski definition) is 14. The van der Waals surface area contributed by atoms with E-state index in [-0.39, 0.29) is 24.1 Å². The highest BCUT2D eigenvalue weighted by Crippen LogP contribution is 2.37. The van der Waals surface area contributed by atoms with Crippen LogP contribution in [0, 0.1) is 0 Å². The van der Waals surface area contributed by atoms with Crippen LogP contribution in [-0.4, -0.2) is 155 Å². The first-order chi connectivity index (χ1) is 33.2. The van der Waals surface area contributed by atoms with Crippen LogP contribution in [-0.2, 0) is 42.1 Å². The normalized spacial score (nSPS) is 19.5. The first-order valence-corrected chi connectivity index (χ1v) is 24.7. The van der Waals surface area contributed by atoms with Crippen LogP contribution in [0.3, 0.4) is 0 Å². The van der Waals surface area contributed by atoms with Gasteiger partial charge in [-0.2, -0.15) is 4.98 Å². The minimum Gasteiger partial charge on any atom is -0.393 e. The zero-order valence-electron chi connectivity index (χ0n) is 39.8. The van der Waals surface area contributed by atoms with Gasteiger partial charge in [-0.3, -0.25) is 33.8 Å². The van der Waals surface area contributed by atoms with Crippen molar-refractivity contribution in [1.82, 2.24) is 38.8 Å². The molecule has 18 nitrogen and oxygen atoms in total. The first kappa shape index (κ1) is 49.2. The maximum absolute atomic E-state index is 13.0. The number of piperazine rings is 1. The number of piperidine rings is 1. The zero-order valence-corrected chi connectivity index (χ0v) is 39.8. The van der Waals surface area contributed by atoms with E-state index < -0.39 is 11.9 Å². The zero-order chi connectivity index (χ0) is 47.2. The van der Waals surface area contributed by atoms with Crippen LogP contribution in [0.15, 0.2) is 59.7 Å². The molecule has 5 heterocycles. The van der Waals surface area contributed by atoms with E-state index in [4.69, 9.17) is 28.9 Å². The van der Waals surface area contributed by atoms with Crippen molar-refractivity contribution in [2.24, 2.45) is 7.05 Å². The van der Waals surface area contributed by atoms with Crippen LogP contribution in [0.25, 0.3) is 33.2 Å². The number of aliphatic hydroxyl groups excluding tert-OH is 1. The second-order valence-corrected chi connectivity index (χ2v) is 18.2. The number of benzene rings is 2. The SMILES string of the molecule is CCCCNc1ncc2c(-c3ccc(CN4CCN(CCOCCOCCOCCOCCNc5ccc6c(c5)n(C)c(=O)n6[C@H]5CCC(=O)NC5=O)CC4)cc3)cn(C3CCC(O)CC3)c2n1. The number of imidazole rings is 1. The van der Waals surface area contributed by atoms with Gasteiger partial charge in [0.2, 0.25) is 17.8 Å². The van der Waals surface area contributed by atoms with E-state index in [1.807, 2.05) is 24.4 Å². The monoisotopic (exact) mass is 939 g/mol. The minimum atomic E-state index is -0.708. The number of nitrogens with one attached hydrogen (secondary N) is 3. The molecule has 3 aliphatic rings. The number of nitrogens with zero attached hydrogens (tertiary/aromatic N) is 7. The Bertz CT molecular complexity index is 2470. The van der Waals surface area contributed by atoms with Crippen LogP contribution >= 0.6 is 0 Å². The van der Waals surface area contributed by atoms with Crippen molar-refractivity contribution < 1.29 is 33.6 Å². The topological polar surface area (TPSA) is 192 Å². The molecule has 0 spiro atoms. The number of rotatable bonds is 25. The quantitative estimate of drug-likeness (QED) is 0.0465. The summed E-state index contributed by atoms with van der Waals surface area (Å²) in [6, 6.07) is 14.2. The molecule has 368 valence electrons. The Hall–Kier alpha value is -5.21. The maximum atomic E-state index is 13.0. The second kappa shape index (κ2) is 24.4. The summed E-state index contributed by atoms with van der Waals surface area (Å²) >= 11 is 0. The standard InChI is InChI=1S/C50H70N10O8/c1-3-4-17-52-49-53-33-41-42(35-59(47(41)55-49)39-10-12-40(61)13-11-39)37-7-5-36(6-8-37)34-58-21-19-57(20-22-58)23-25-66-27-29-68-31-30-67-28-26-65-24-18-51-38-9-14-43-45(32-38)56(2)50(64)60(43)44-15-16-46(62)54-48(44)63/h5-9,14,32-33,35,39-40,44,51,61H,3-4,10-13,15-31,34H2,1-2H3,(H,52,53,55)(H,54,62,63)/t39?,40?,44-/m0/s1. The van der Waals surface area contributed by atoms with Gasteiger partial charge in [0, 0.05) is 101 Å². The van der Waals surface area contributed by atoms with Crippen molar-refractivity contribution in [1.29, 1.82) is 0 Å². The molecule has 0 unspecified atom stereocenters. The van der Waals surface area contributed by atoms with E-state index in [2.05, 4.69) is 67.7 Å². The summed E-state index contributed by atoms with van der Waals surface area (Å²) in [5, 5.41) is 20.3. The Kier molecular flexibility index (Phi) is 17.6. The van der Waals surface area contributed by atoms with Gasteiger partial charge in [-0.25, -0.2) is 9.78 Å². The number of hydrogen-bond donors (Lipinski definition) is 4. The molecule has 8 rings (SSSR count). The highest BCUT2D eigenvalue weighted by Gasteiger charge is 2.31. The number of aryl methyl sites for hydroxylation is 1. The van der Waals surface area contributed by atoms with Crippen molar-refractivity contribution in [3.05, 3.63) is 70.9 Å². The maximum Gasteiger partial charge on any atom is 0.329 e. The fraction of sp³-hybridized carbons (Fsp3) is 0.580. The largest absolute Gasteiger partial charge is 0.393 e. The van der Waals surface area contributed by atoms with E-state index in [0.29, 0.717) is 88.8 Å². The average Bonchev–Trinajstić information content (AvgIpc) is 3.84. The van der Waals surface area contributed by atoms with Crippen molar-refractivity contribution in [2.75, 3.05) is 109 Å². The third kappa shape index (κ3) is 12.7. The number of carbonyl (C=O) groups is 2. The average molecular weight is 939 g/mol. The molecule has 5 aromatic rings. The Morgan fingerprint density at radius 2 is 1.47 bits per heavy atom. The lowest BCUT2D eigenvalue weighted by molar-refractivity contribution is -0.135. The molecule has 1 saturated carbocycles. The number of imide groups is 1. The van der Waals surface area contributed by atoms with E-state index in [0.717, 1.165) is 107 Å². The summed E-state index contributed by atoms with van der Waals surface area (Å²) in [5.74, 6) is -0.0827. The molecule has 2 saturated heterocycles. The fourth-order valence-corrected chi connectivity index (χ4v) is 9.48. The molecule has 1 aliphatic carbocycles. The first-order valence-electron chi connectivity index (χ1n) is 24.7. The van der Waals surface area contributed by atoms with Gasteiger partial charge in [0.05, 0.1) is 70.0 Å². The smallest absolute Gasteiger partial charge is 0.329 e. The number of aromatic nitrogens is 5. The van der Waals surface area contributed by atoms with Crippen LogP contribution in [0.5, 0.6) is 0 Å². The lowest BCUT2D eigenvalue weighted by Crippen LogP contribution is -2.46. The number of carbonyl (C=O) groups excluding carboxylic acids is 2. The number of anilines is 2. The molecule has 2 aromatic carbocycles. The molecule has 1 atom stereocenters. The van der Waals surface area contributed by atoms with Gasteiger partial charge in [-0.15, -0.1) is 0 Å². The highest BCUT2D eigenvalue weighted by atomic mass is 16.6. The van der Waals surface area contributed by atoms with Gasteiger partial charge in [-0.05, 0) is 67.9 Å². The minimum absolute atomic E-state index is 0.202. The third-order valence-electron chi connectivity index (χ3n) is 13.4. The molecule has 2 aliphatic heterocycles. The number of fused-ring (bicyclic) bond motifs is 2. The van der Waals surface area contributed by atoms with Crippen LogP contribution in [0.2, 0.25) is 0 Å². The van der Waals surface area contributed by atoms with E-state index in [1.54, 1.807) is 7.05 Å².